The van der Waals surface area contributed by atoms with Gasteiger partial charge >= 0.3 is 0 Å². The summed E-state index contributed by atoms with van der Waals surface area (Å²) in [6.45, 7) is 10.8. The van der Waals surface area contributed by atoms with Crippen LogP contribution in [-0.2, 0) is 0 Å². The molecule has 0 amide bonds. The lowest BCUT2D eigenvalue weighted by Crippen LogP contribution is -2.14. The predicted octanol–water partition coefficient (Wildman–Crippen LogP) is 3.09. The van der Waals surface area contributed by atoms with Gasteiger partial charge in [-0.3, -0.25) is 4.39 Å². The molecule has 1 N–H and O–H groups in total. The van der Waals surface area contributed by atoms with E-state index in [4.69, 9.17) is 0 Å². The number of halogens is 1. The zero-order valence-electron chi connectivity index (χ0n) is 8.69. The van der Waals surface area contributed by atoms with Gasteiger partial charge in [0.25, 0.3) is 0 Å². The molecular formula is C11H22FN. The monoisotopic (exact) mass is 187 g/mol. The maximum atomic E-state index is 10.7. The van der Waals surface area contributed by atoms with E-state index in [0.29, 0.717) is 6.42 Å². The van der Waals surface area contributed by atoms with Crippen molar-refractivity contribution < 1.29 is 4.39 Å². The standard InChI is InChI=1S/C8H15N.C3H7F/c1-3-5-6-8-9-7-4-2;1-2-3-4/h3-4,9H,1-2,5-8H2;2-3H2,1H3. The van der Waals surface area contributed by atoms with E-state index in [0.717, 1.165) is 19.5 Å². The Morgan fingerprint density at radius 1 is 1.31 bits per heavy atom. The van der Waals surface area contributed by atoms with Crippen molar-refractivity contribution in [2.45, 2.75) is 26.2 Å². The van der Waals surface area contributed by atoms with Crippen LogP contribution in [0.25, 0.3) is 0 Å². The maximum Gasteiger partial charge on any atom is 0.0891 e. The Hall–Kier alpha value is -0.630. The number of nitrogens with one attached hydrogen (secondary N) is 1. The first-order valence-electron chi connectivity index (χ1n) is 4.81. The fourth-order valence-corrected chi connectivity index (χ4v) is 0.576. The molecule has 0 rings (SSSR count). The molecule has 0 aliphatic carbocycles. The summed E-state index contributed by atoms with van der Waals surface area (Å²) in [5.74, 6) is 0. The summed E-state index contributed by atoms with van der Waals surface area (Å²) in [6.07, 6.45) is 6.74. The van der Waals surface area contributed by atoms with E-state index >= 15 is 0 Å². The number of unbranched alkanes of at least 4 members (excludes halogenated alkanes) is 1. The van der Waals surface area contributed by atoms with Gasteiger partial charge in [-0.25, -0.2) is 0 Å². The molecule has 0 heterocycles. The molecule has 0 spiro atoms. The Labute approximate surface area is 81.7 Å². The molecule has 2 heteroatoms. The van der Waals surface area contributed by atoms with Crippen LogP contribution in [0, 0.1) is 0 Å². The second-order valence-corrected chi connectivity index (χ2v) is 2.61. The average Bonchev–Trinajstić information content (AvgIpc) is 2.18. The second kappa shape index (κ2) is 17.5. The number of hydrogen-bond acceptors (Lipinski definition) is 1. The van der Waals surface area contributed by atoms with Crippen LogP contribution in [0.2, 0.25) is 0 Å². The number of rotatable bonds is 7. The zero-order chi connectivity index (χ0) is 10.4. The lowest BCUT2D eigenvalue weighted by molar-refractivity contribution is 0.487. The van der Waals surface area contributed by atoms with Gasteiger partial charge in [-0.05, 0) is 25.8 Å². The minimum absolute atomic E-state index is 0.181. The third-order valence-electron chi connectivity index (χ3n) is 1.24. The third-order valence-corrected chi connectivity index (χ3v) is 1.24. The first-order chi connectivity index (χ1) is 6.33. The summed E-state index contributed by atoms with van der Waals surface area (Å²) >= 11 is 0. The lowest BCUT2D eigenvalue weighted by atomic mass is 10.3. The normalized spacial score (nSPS) is 8.46. The predicted molar refractivity (Wildman–Crippen MR) is 58.8 cm³/mol. The molecule has 1 nitrogen and oxygen atoms in total. The van der Waals surface area contributed by atoms with Gasteiger partial charge in [0.1, 0.15) is 0 Å². The molecule has 0 bridgehead atoms. The minimum atomic E-state index is -0.181. The van der Waals surface area contributed by atoms with Gasteiger partial charge in [0, 0.05) is 6.54 Å². The number of allylic oxidation sites excluding steroid dienone is 1. The van der Waals surface area contributed by atoms with Crippen LogP contribution in [0.3, 0.4) is 0 Å². The van der Waals surface area contributed by atoms with E-state index in [9.17, 15) is 4.39 Å². The molecule has 0 fully saturated rings. The average molecular weight is 187 g/mol. The van der Waals surface area contributed by atoms with E-state index in [1.807, 2.05) is 12.2 Å². The smallest absolute Gasteiger partial charge is 0.0891 e. The molecule has 0 saturated heterocycles. The Kier molecular flexibility index (Phi) is 20.0. The molecule has 0 unspecified atom stereocenters. The van der Waals surface area contributed by atoms with Crippen molar-refractivity contribution >= 4 is 0 Å². The fraction of sp³-hybridized carbons (Fsp3) is 0.636. The summed E-state index contributed by atoms with van der Waals surface area (Å²) in [5.41, 5.74) is 0. The Morgan fingerprint density at radius 2 is 1.92 bits per heavy atom. The zero-order valence-corrected chi connectivity index (χ0v) is 8.69. The Bertz CT molecular complexity index is 90.3. The molecule has 0 radical (unpaired) electrons. The molecule has 0 aromatic carbocycles. The van der Waals surface area contributed by atoms with Crippen LogP contribution in [-0.4, -0.2) is 19.8 Å². The fourth-order valence-electron chi connectivity index (χ4n) is 0.576. The van der Waals surface area contributed by atoms with Gasteiger partial charge in [-0.2, -0.15) is 0 Å². The molecule has 0 aliphatic heterocycles. The Morgan fingerprint density at radius 3 is 2.31 bits per heavy atom. The van der Waals surface area contributed by atoms with Gasteiger partial charge in [0.2, 0.25) is 0 Å². The minimum Gasteiger partial charge on any atom is -0.313 e. The van der Waals surface area contributed by atoms with E-state index < -0.39 is 0 Å². The second-order valence-electron chi connectivity index (χ2n) is 2.61. The maximum absolute atomic E-state index is 10.7. The van der Waals surface area contributed by atoms with Crippen molar-refractivity contribution in [3.05, 3.63) is 25.3 Å². The van der Waals surface area contributed by atoms with Gasteiger partial charge in [0.05, 0.1) is 6.67 Å². The van der Waals surface area contributed by atoms with Crippen LogP contribution in [0.1, 0.15) is 26.2 Å². The summed E-state index contributed by atoms with van der Waals surface area (Å²) in [6, 6.07) is 0. The summed E-state index contributed by atoms with van der Waals surface area (Å²) in [5, 5.41) is 3.20. The van der Waals surface area contributed by atoms with Crippen molar-refractivity contribution in [2.75, 3.05) is 19.8 Å². The molecule has 0 aliphatic rings. The molecule has 0 atom stereocenters. The Balaban J connectivity index is 0. The van der Waals surface area contributed by atoms with Gasteiger partial charge in [-0.15, -0.1) is 13.2 Å². The van der Waals surface area contributed by atoms with E-state index in [1.165, 1.54) is 6.42 Å². The van der Waals surface area contributed by atoms with Crippen molar-refractivity contribution in [2.24, 2.45) is 0 Å². The highest BCUT2D eigenvalue weighted by atomic mass is 19.1. The van der Waals surface area contributed by atoms with E-state index in [-0.39, 0.29) is 6.67 Å². The lowest BCUT2D eigenvalue weighted by Gasteiger charge is -1.96. The molecule has 0 aromatic heterocycles. The first-order valence-corrected chi connectivity index (χ1v) is 4.81. The van der Waals surface area contributed by atoms with E-state index in [1.54, 1.807) is 6.92 Å². The van der Waals surface area contributed by atoms with Crippen molar-refractivity contribution in [1.82, 2.24) is 5.32 Å². The number of hydrogen-bond donors (Lipinski definition) is 1. The van der Waals surface area contributed by atoms with Gasteiger partial charge < -0.3 is 5.32 Å². The quantitative estimate of drug-likeness (QED) is 0.477. The highest BCUT2D eigenvalue weighted by Gasteiger charge is 1.80. The highest BCUT2D eigenvalue weighted by Crippen LogP contribution is 1.84. The van der Waals surface area contributed by atoms with Gasteiger partial charge in [0.15, 0.2) is 0 Å². The van der Waals surface area contributed by atoms with Crippen molar-refractivity contribution in [1.29, 1.82) is 0 Å². The van der Waals surface area contributed by atoms with Crippen LogP contribution in [0.5, 0.6) is 0 Å². The number of alkyl halides is 1. The van der Waals surface area contributed by atoms with Gasteiger partial charge in [-0.1, -0.05) is 19.1 Å². The molecule has 78 valence electrons. The highest BCUT2D eigenvalue weighted by molar-refractivity contribution is 4.71. The largest absolute Gasteiger partial charge is 0.313 e. The summed E-state index contributed by atoms with van der Waals surface area (Å²) in [4.78, 5) is 0. The third kappa shape index (κ3) is 24.6. The van der Waals surface area contributed by atoms with Crippen LogP contribution >= 0.6 is 0 Å². The topological polar surface area (TPSA) is 12.0 Å². The summed E-state index contributed by atoms with van der Waals surface area (Å²) < 4.78 is 10.7. The van der Waals surface area contributed by atoms with Crippen LogP contribution in [0.15, 0.2) is 25.3 Å². The first kappa shape index (κ1) is 14.9. The molecule has 13 heavy (non-hydrogen) atoms. The van der Waals surface area contributed by atoms with Crippen LogP contribution in [0.4, 0.5) is 4.39 Å². The molecule has 0 saturated carbocycles. The molecule has 0 aromatic rings. The van der Waals surface area contributed by atoms with Crippen molar-refractivity contribution in [3.63, 3.8) is 0 Å². The summed E-state index contributed by atoms with van der Waals surface area (Å²) in [7, 11) is 0. The van der Waals surface area contributed by atoms with E-state index in [2.05, 4.69) is 18.5 Å². The molecular weight excluding hydrogens is 165 g/mol. The van der Waals surface area contributed by atoms with Crippen molar-refractivity contribution in [3.8, 4) is 0 Å². The van der Waals surface area contributed by atoms with Crippen LogP contribution < -0.4 is 5.32 Å². The SMILES string of the molecule is C=CCCCNCC=C.CCCF.